The maximum Gasteiger partial charge on any atom is 0.469 e. The summed E-state index contributed by atoms with van der Waals surface area (Å²) in [4.78, 5) is 38.9. The highest BCUT2D eigenvalue weighted by Gasteiger charge is 2.46. The van der Waals surface area contributed by atoms with Gasteiger partial charge in [-0.25, -0.2) is 13.9 Å². The van der Waals surface area contributed by atoms with E-state index in [4.69, 9.17) is 20.3 Å². The molecule has 1 unspecified atom stereocenters. The number of nitrogens with two attached hydrogens (primary N) is 1. The molecule has 0 spiro atoms. The number of anilines is 1. The highest BCUT2D eigenvalue weighted by molar-refractivity contribution is 7.46. The minimum Gasteiger partial charge on any atom is -0.387 e. The molecule has 3 heterocycles. The Morgan fingerprint density at radius 3 is 2.92 bits per heavy atom. The van der Waals surface area contributed by atoms with E-state index < -0.39 is 44.6 Å². The molecule has 1 fully saturated rings. The highest BCUT2D eigenvalue weighted by atomic mass is 31.2. The number of hydrogen-bond donors (Lipinski definition) is 5. The monoisotopic (exact) mass is 365 g/mol. The molecule has 0 bridgehead atoms. The van der Waals surface area contributed by atoms with Crippen LogP contribution >= 0.6 is 7.82 Å². The topological polar surface area (TPSA) is 186 Å². The van der Waals surface area contributed by atoms with Crippen LogP contribution in [0.15, 0.2) is 11.1 Å². The number of ether oxygens (including phenoxy) is 1. The number of imidazole rings is 1. The van der Waals surface area contributed by atoms with Crippen molar-refractivity contribution in [3.8, 4) is 0 Å². The van der Waals surface area contributed by atoms with Crippen molar-refractivity contribution < 1.29 is 33.1 Å². The first-order valence-corrected chi connectivity index (χ1v) is 8.10. The summed E-state index contributed by atoms with van der Waals surface area (Å²) in [6.45, 7) is -0.731. The van der Waals surface area contributed by atoms with Gasteiger partial charge in [0.05, 0.1) is 12.9 Å². The number of nitrogen functional groups attached to an aromatic ring is 1. The summed E-state index contributed by atoms with van der Waals surface area (Å²) in [5.41, 5.74) is 4.64. The zero-order valence-electron chi connectivity index (χ0n) is 11.8. The van der Waals surface area contributed by atoms with E-state index in [1.807, 2.05) is 0 Å². The molecule has 0 radical (unpaired) electrons. The van der Waals surface area contributed by atoms with E-state index >= 15 is 0 Å². The molecular weight excluding hydrogens is 352 g/mol. The van der Waals surface area contributed by atoms with Crippen molar-refractivity contribution in [2.45, 2.75) is 24.6 Å². The quantitative estimate of drug-likeness (QED) is 0.395. The summed E-state index contributed by atoms with van der Waals surface area (Å²) in [7, 11) is -4.80. The highest BCUT2D eigenvalue weighted by Crippen LogP contribution is 2.39. The van der Waals surface area contributed by atoms with Crippen molar-refractivity contribution in [2.24, 2.45) is 0 Å². The van der Waals surface area contributed by atoms with Crippen LogP contribution in [-0.4, -0.2) is 59.4 Å². The second-order valence-electron chi connectivity index (χ2n) is 5.06. The molecule has 1 saturated heterocycles. The van der Waals surface area contributed by atoms with Crippen LogP contribution in [0.25, 0.3) is 11.2 Å². The number of nitrogens with zero attached hydrogens (tertiary/aromatic N) is 3. The van der Waals surface area contributed by atoms with Crippen LogP contribution in [-0.2, 0) is 13.8 Å². The van der Waals surface area contributed by atoms with Crippen LogP contribution in [0.5, 0.6) is 0 Å². The van der Waals surface area contributed by atoms with E-state index in [-0.39, 0.29) is 17.1 Å². The lowest BCUT2D eigenvalue weighted by Gasteiger charge is -2.15. The molecule has 2 aromatic rings. The smallest absolute Gasteiger partial charge is 0.387 e. The minimum absolute atomic E-state index is 0.0624. The largest absolute Gasteiger partial charge is 0.469 e. The molecule has 24 heavy (non-hydrogen) atoms. The molecule has 12 nitrogen and oxygen atoms in total. The van der Waals surface area contributed by atoms with Crippen LogP contribution in [0.3, 0.4) is 0 Å². The number of phosphoric ester groups is 1. The first-order chi connectivity index (χ1) is 11.2. The van der Waals surface area contributed by atoms with E-state index in [2.05, 4.69) is 19.5 Å². The molecule has 4 atom stereocenters. The molecule has 14 heteroatoms. The third-order valence-corrected chi connectivity index (χ3v) is 3.91. The molecule has 3 rings (SSSR count). The molecule has 0 amide bonds. The van der Waals surface area contributed by atoms with Crippen LogP contribution in [0.2, 0.25) is 0 Å². The number of H-pyrrole nitrogens is 1. The Hall–Kier alpha value is -1.89. The van der Waals surface area contributed by atoms with Gasteiger partial charge in [0.1, 0.15) is 12.2 Å². The van der Waals surface area contributed by atoms with Crippen LogP contribution in [0.1, 0.15) is 6.23 Å². The number of hydrogen-bond acceptors (Lipinski definition) is 8. The Balaban J connectivity index is 1.90. The molecule has 1 aliphatic rings. The van der Waals surface area contributed by atoms with Gasteiger partial charge in [-0.3, -0.25) is 18.9 Å². The van der Waals surface area contributed by atoms with Crippen molar-refractivity contribution in [3.05, 3.63) is 16.7 Å². The standard InChI is InChI=1S/C10H13FN5O7P/c11-4-6(17)3(1-22-24(19,20)21)23-9(4)16-2-13-5-7(16)14-10(12)15-8(5)18/h2-4,6,9,17H,1H2,(H2,19,20,21)(H3,12,14,15,18)/t3-,4-,6?,9-/m1/s1. The zero-order chi connectivity index (χ0) is 17.6. The number of phosphoric acid groups is 1. The summed E-state index contributed by atoms with van der Waals surface area (Å²) < 4.78 is 35.6. The Labute approximate surface area is 132 Å². The number of aromatic nitrogens is 4. The van der Waals surface area contributed by atoms with Crippen LogP contribution in [0, 0.1) is 0 Å². The maximum absolute atomic E-state index is 14.3. The van der Waals surface area contributed by atoms with E-state index in [9.17, 15) is 18.9 Å². The van der Waals surface area contributed by atoms with Crippen molar-refractivity contribution in [2.75, 3.05) is 12.3 Å². The first-order valence-electron chi connectivity index (χ1n) is 6.57. The average Bonchev–Trinajstić information content (AvgIpc) is 3.00. The van der Waals surface area contributed by atoms with Gasteiger partial charge < -0.3 is 25.4 Å². The number of nitrogens with one attached hydrogen (secondary N) is 1. The summed E-state index contributed by atoms with van der Waals surface area (Å²) in [6, 6.07) is 0. The molecule has 0 aromatic carbocycles. The molecule has 0 aliphatic carbocycles. The van der Waals surface area contributed by atoms with Gasteiger partial charge in [-0.1, -0.05) is 0 Å². The first kappa shape index (κ1) is 17.0. The number of fused-ring (bicyclic) bond motifs is 1. The predicted octanol–water partition coefficient (Wildman–Crippen LogP) is -1.59. The van der Waals surface area contributed by atoms with Crippen LogP contribution in [0.4, 0.5) is 10.3 Å². The SMILES string of the molecule is Nc1nc2c(ncn2[C@@H]2O[C@H](COP(=O)(O)O)C(O)[C@H]2F)c(=O)[nH]1. The fourth-order valence-electron chi connectivity index (χ4n) is 2.37. The Kier molecular flexibility index (Phi) is 4.15. The van der Waals surface area contributed by atoms with Gasteiger partial charge in [-0.05, 0) is 0 Å². The Morgan fingerprint density at radius 2 is 2.25 bits per heavy atom. The number of alkyl halides is 1. The third-order valence-electron chi connectivity index (χ3n) is 3.43. The van der Waals surface area contributed by atoms with E-state index in [1.165, 1.54) is 0 Å². The van der Waals surface area contributed by atoms with Gasteiger partial charge in [0.15, 0.2) is 23.6 Å². The van der Waals surface area contributed by atoms with E-state index in [0.717, 1.165) is 10.9 Å². The van der Waals surface area contributed by atoms with E-state index in [1.54, 1.807) is 0 Å². The number of rotatable bonds is 4. The lowest BCUT2D eigenvalue weighted by atomic mass is 10.1. The predicted molar refractivity (Wildman–Crippen MR) is 75.4 cm³/mol. The number of aliphatic hydroxyl groups excluding tert-OH is 1. The fraction of sp³-hybridized carbons (Fsp3) is 0.500. The summed E-state index contributed by atoms with van der Waals surface area (Å²) >= 11 is 0. The van der Waals surface area contributed by atoms with Crippen LogP contribution < -0.4 is 11.3 Å². The zero-order valence-corrected chi connectivity index (χ0v) is 12.7. The number of halogens is 1. The number of aliphatic hydroxyl groups is 1. The van der Waals surface area contributed by atoms with Crippen molar-refractivity contribution in [3.63, 3.8) is 0 Å². The lowest BCUT2D eigenvalue weighted by molar-refractivity contribution is -0.0451. The maximum atomic E-state index is 14.3. The van der Waals surface area contributed by atoms with Gasteiger partial charge in [0.25, 0.3) is 5.56 Å². The molecule has 6 N–H and O–H groups in total. The number of aromatic amines is 1. The van der Waals surface area contributed by atoms with Crippen molar-refractivity contribution in [1.29, 1.82) is 0 Å². The summed E-state index contributed by atoms with van der Waals surface area (Å²) in [5, 5.41) is 9.83. The van der Waals surface area contributed by atoms with E-state index in [0.29, 0.717) is 0 Å². The fourth-order valence-corrected chi connectivity index (χ4v) is 2.71. The van der Waals surface area contributed by atoms with Gasteiger partial charge in [-0.15, -0.1) is 0 Å². The summed E-state index contributed by atoms with van der Waals surface area (Å²) in [5.74, 6) is -0.218. The average molecular weight is 365 g/mol. The molecular formula is C10H13FN5O7P. The minimum atomic E-state index is -4.80. The second kappa shape index (κ2) is 5.88. The van der Waals surface area contributed by atoms with Crippen molar-refractivity contribution in [1.82, 2.24) is 19.5 Å². The molecule has 132 valence electrons. The molecule has 1 aliphatic heterocycles. The van der Waals surface area contributed by atoms with Gasteiger partial charge >= 0.3 is 7.82 Å². The second-order valence-corrected chi connectivity index (χ2v) is 6.30. The van der Waals surface area contributed by atoms with Gasteiger partial charge in [0.2, 0.25) is 5.95 Å². The molecule has 0 saturated carbocycles. The normalized spacial score (nSPS) is 27.8. The molecule has 2 aromatic heterocycles. The Morgan fingerprint density at radius 1 is 1.54 bits per heavy atom. The van der Waals surface area contributed by atoms with Crippen molar-refractivity contribution >= 4 is 24.9 Å². The van der Waals surface area contributed by atoms with Gasteiger partial charge in [-0.2, -0.15) is 4.98 Å². The van der Waals surface area contributed by atoms with Gasteiger partial charge in [0, 0.05) is 0 Å². The third kappa shape index (κ3) is 3.05. The summed E-state index contributed by atoms with van der Waals surface area (Å²) in [6.07, 6.45) is -5.37. The Bertz CT molecular complexity index is 865. The lowest BCUT2D eigenvalue weighted by Crippen LogP contribution is -2.31.